The Hall–Kier alpha value is -2.16. The molecule has 106 valence electrons. The molecule has 0 fully saturated rings. The van der Waals surface area contributed by atoms with E-state index in [1.165, 1.54) is 5.56 Å². The van der Waals surface area contributed by atoms with E-state index in [9.17, 15) is 0 Å². The Kier molecular flexibility index (Phi) is 4.51. The molecule has 0 saturated heterocycles. The van der Waals surface area contributed by atoms with Gasteiger partial charge in [0.25, 0.3) is 0 Å². The molecular weight excluding hydrogens is 250 g/mol. The van der Waals surface area contributed by atoms with Crippen molar-refractivity contribution in [3.8, 4) is 11.5 Å². The molecule has 0 aliphatic carbocycles. The molecule has 0 heterocycles. The van der Waals surface area contributed by atoms with Crippen molar-refractivity contribution >= 4 is 5.69 Å². The van der Waals surface area contributed by atoms with E-state index < -0.39 is 0 Å². The van der Waals surface area contributed by atoms with Crippen molar-refractivity contribution in [2.24, 2.45) is 0 Å². The Balaban J connectivity index is 2.07. The summed E-state index contributed by atoms with van der Waals surface area (Å²) in [6, 6.07) is 13.8. The maximum Gasteiger partial charge on any atom is 0.142 e. The second-order valence-corrected chi connectivity index (χ2v) is 5.09. The minimum atomic E-state index is 0.463. The quantitative estimate of drug-likeness (QED) is 0.836. The van der Waals surface area contributed by atoms with Gasteiger partial charge in [0.15, 0.2) is 0 Å². The fourth-order valence-electron chi connectivity index (χ4n) is 1.98. The van der Waals surface area contributed by atoms with Gasteiger partial charge in [-0.3, -0.25) is 0 Å². The smallest absolute Gasteiger partial charge is 0.142 e. The van der Waals surface area contributed by atoms with Crippen LogP contribution in [0.4, 0.5) is 5.69 Å². The number of nitrogens with two attached hydrogens (primary N) is 1. The number of anilines is 1. The van der Waals surface area contributed by atoms with Crippen molar-refractivity contribution < 1.29 is 9.47 Å². The lowest BCUT2D eigenvalue weighted by Gasteiger charge is -2.12. The van der Waals surface area contributed by atoms with Crippen LogP contribution < -0.4 is 15.2 Å². The summed E-state index contributed by atoms with van der Waals surface area (Å²) in [5.74, 6) is 2.01. The zero-order valence-corrected chi connectivity index (χ0v) is 12.2. The summed E-state index contributed by atoms with van der Waals surface area (Å²) in [6.45, 7) is 4.76. The van der Waals surface area contributed by atoms with Crippen LogP contribution in [0, 0.1) is 0 Å². The summed E-state index contributed by atoms with van der Waals surface area (Å²) in [6.07, 6.45) is 0. The third kappa shape index (κ3) is 3.44. The molecule has 2 N–H and O–H groups in total. The highest BCUT2D eigenvalue weighted by molar-refractivity contribution is 5.54. The first-order chi connectivity index (χ1) is 9.60. The highest BCUT2D eigenvalue weighted by Gasteiger charge is 2.05. The second-order valence-electron chi connectivity index (χ2n) is 5.09. The number of rotatable bonds is 5. The third-order valence-corrected chi connectivity index (χ3v) is 3.23. The van der Waals surface area contributed by atoms with Crippen molar-refractivity contribution in [3.05, 3.63) is 53.6 Å². The molecule has 3 heteroatoms. The van der Waals surface area contributed by atoms with Gasteiger partial charge >= 0.3 is 0 Å². The normalized spacial score (nSPS) is 10.6. The van der Waals surface area contributed by atoms with Crippen LogP contribution in [0.3, 0.4) is 0 Å². The van der Waals surface area contributed by atoms with Gasteiger partial charge in [0.2, 0.25) is 0 Å². The van der Waals surface area contributed by atoms with Crippen LogP contribution in [0.2, 0.25) is 0 Å². The van der Waals surface area contributed by atoms with E-state index in [1.54, 1.807) is 7.11 Å². The Labute approximate surface area is 120 Å². The molecule has 0 spiro atoms. The van der Waals surface area contributed by atoms with E-state index in [0.29, 0.717) is 18.2 Å². The highest BCUT2D eigenvalue weighted by Crippen LogP contribution is 2.27. The molecule has 0 radical (unpaired) electrons. The van der Waals surface area contributed by atoms with Crippen LogP contribution in [0.5, 0.6) is 11.5 Å². The number of benzene rings is 2. The number of methoxy groups -OCH3 is 1. The summed E-state index contributed by atoms with van der Waals surface area (Å²) >= 11 is 0. The molecule has 0 aliphatic heterocycles. The Morgan fingerprint density at radius 1 is 1.10 bits per heavy atom. The van der Waals surface area contributed by atoms with E-state index in [1.807, 2.05) is 36.4 Å². The van der Waals surface area contributed by atoms with E-state index in [0.717, 1.165) is 17.1 Å². The lowest BCUT2D eigenvalue weighted by molar-refractivity contribution is 0.307. The number of ether oxygens (including phenoxy) is 2. The average molecular weight is 271 g/mol. The Morgan fingerprint density at radius 3 is 2.55 bits per heavy atom. The summed E-state index contributed by atoms with van der Waals surface area (Å²) in [5.41, 5.74) is 8.98. The molecule has 0 bridgehead atoms. The molecule has 0 atom stereocenters. The van der Waals surface area contributed by atoms with Crippen LogP contribution in [0.25, 0.3) is 0 Å². The minimum absolute atomic E-state index is 0.463. The summed E-state index contributed by atoms with van der Waals surface area (Å²) < 4.78 is 11.0. The third-order valence-electron chi connectivity index (χ3n) is 3.23. The van der Waals surface area contributed by atoms with Crippen LogP contribution in [0.1, 0.15) is 30.9 Å². The first-order valence-electron chi connectivity index (χ1n) is 6.75. The first kappa shape index (κ1) is 14.3. The molecule has 0 amide bonds. The number of nitrogen functional groups attached to an aromatic ring is 1. The fourth-order valence-corrected chi connectivity index (χ4v) is 1.98. The molecule has 0 aromatic heterocycles. The molecule has 2 aromatic rings. The molecule has 0 saturated carbocycles. The molecular formula is C17H21NO2. The molecule has 3 nitrogen and oxygen atoms in total. The van der Waals surface area contributed by atoms with Gasteiger partial charge in [0, 0.05) is 0 Å². The van der Waals surface area contributed by atoms with Gasteiger partial charge in [-0.1, -0.05) is 32.0 Å². The number of hydrogen-bond acceptors (Lipinski definition) is 3. The van der Waals surface area contributed by atoms with Crippen molar-refractivity contribution in [2.45, 2.75) is 26.4 Å². The fraction of sp³-hybridized carbons (Fsp3) is 0.294. The zero-order chi connectivity index (χ0) is 14.5. The molecule has 2 aromatic carbocycles. The first-order valence-corrected chi connectivity index (χ1v) is 6.75. The Bertz CT molecular complexity index is 579. The van der Waals surface area contributed by atoms with Gasteiger partial charge in [-0.25, -0.2) is 0 Å². The predicted molar refractivity (Wildman–Crippen MR) is 82.3 cm³/mol. The molecule has 0 aliphatic rings. The van der Waals surface area contributed by atoms with Gasteiger partial charge in [-0.15, -0.1) is 0 Å². The molecule has 2 rings (SSSR count). The largest absolute Gasteiger partial charge is 0.497 e. The van der Waals surface area contributed by atoms with Gasteiger partial charge in [-0.05, 0) is 41.3 Å². The van der Waals surface area contributed by atoms with Crippen molar-refractivity contribution in [1.29, 1.82) is 0 Å². The Morgan fingerprint density at radius 2 is 1.90 bits per heavy atom. The van der Waals surface area contributed by atoms with E-state index >= 15 is 0 Å². The maximum absolute atomic E-state index is 6.03. The number of hydrogen-bond donors (Lipinski definition) is 1. The monoisotopic (exact) mass is 271 g/mol. The van der Waals surface area contributed by atoms with E-state index in [2.05, 4.69) is 19.9 Å². The minimum Gasteiger partial charge on any atom is -0.497 e. The maximum atomic E-state index is 6.03. The predicted octanol–water partition coefficient (Wildman–Crippen LogP) is 3.98. The van der Waals surface area contributed by atoms with Gasteiger partial charge < -0.3 is 15.2 Å². The van der Waals surface area contributed by atoms with Crippen molar-refractivity contribution in [3.63, 3.8) is 0 Å². The molecule has 0 unspecified atom stereocenters. The van der Waals surface area contributed by atoms with Gasteiger partial charge in [0.05, 0.1) is 12.8 Å². The highest BCUT2D eigenvalue weighted by atomic mass is 16.5. The van der Waals surface area contributed by atoms with Crippen molar-refractivity contribution in [1.82, 2.24) is 0 Å². The summed E-state index contributed by atoms with van der Waals surface area (Å²) in [7, 11) is 1.66. The van der Waals surface area contributed by atoms with Crippen LogP contribution in [0.15, 0.2) is 42.5 Å². The van der Waals surface area contributed by atoms with Crippen LogP contribution in [-0.4, -0.2) is 7.11 Å². The van der Waals surface area contributed by atoms with Gasteiger partial charge in [0.1, 0.15) is 18.1 Å². The van der Waals surface area contributed by atoms with E-state index in [-0.39, 0.29) is 0 Å². The SMILES string of the molecule is COc1cccc(COc2ccc(C(C)C)cc2N)c1. The van der Waals surface area contributed by atoms with Crippen LogP contribution in [-0.2, 0) is 6.61 Å². The summed E-state index contributed by atoms with van der Waals surface area (Å²) in [5, 5.41) is 0. The zero-order valence-electron chi connectivity index (χ0n) is 12.2. The topological polar surface area (TPSA) is 44.5 Å². The van der Waals surface area contributed by atoms with Crippen molar-refractivity contribution in [2.75, 3.05) is 12.8 Å². The lowest BCUT2D eigenvalue weighted by atomic mass is 10.0. The standard InChI is InChI=1S/C17H21NO2/c1-12(2)14-7-8-17(16(18)10-14)20-11-13-5-4-6-15(9-13)19-3/h4-10,12H,11,18H2,1-3H3. The second kappa shape index (κ2) is 6.33. The average Bonchev–Trinajstić information content (AvgIpc) is 2.46. The lowest BCUT2D eigenvalue weighted by Crippen LogP contribution is -2.00. The van der Waals surface area contributed by atoms with E-state index in [4.69, 9.17) is 15.2 Å². The molecule has 20 heavy (non-hydrogen) atoms. The summed E-state index contributed by atoms with van der Waals surface area (Å²) in [4.78, 5) is 0. The van der Waals surface area contributed by atoms with Gasteiger partial charge in [-0.2, -0.15) is 0 Å². The van der Waals surface area contributed by atoms with Crippen LogP contribution >= 0.6 is 0 Å².